The molecule has 7 nitrogen and oxygen atoms in total. The van der Waals surface area contributed by atoms with Crippen molar-refractivity contribution in [2.75, 3.05) is 6.54 Å². The molecule has 0 spiro atoms. The molecule has 3 aliphatic heterocycles. The lowest BCUT2D eigenvalue weighted by Crippen LogP contribution is -2.54. The SMILES string of the molecule is CC(C)(CC(=O)O)CC(=O)N1CC[C@H]2O[C@H]3c4cc(O)ccc4OC(C)(C)[C@@H]3C[C@@H]21. The number of carboxylic acids is 1. The number of carbonyl (C=O) groups is 2. The van der Waals surface area contributed by atoms with Gasteiger partial charge < -0.3 is 24.6 Å². The highest BCUT2D eigenvalue weighted by atomic mass is 16.5. The van der Waals surface area contributed by atoms with Crippen LogP contribution in [-0.4, -0.2) is 51.3 Å². The Morgan fingerprint density at radius 3 is 2.70 bits per heavy atom. The Bertz CT molecular complexity index is 863. The van der Waals surface area contributed by atoms with Crippen molar-refractivity contribution in [3.63, 3.8) is 0 Å². The number of ether oxygens (including phenoxy) is 2. The largest absolute Gasteiger partial charge is 0.508 e. The minimum Gasteiger partial charge on any atom is -0.508 e. The summed E-state index contributed by atoms with van der Waals surface area (Å²) in [6.45, 7) is 8.34. The van der Waals surface area contributed by atoms with Crippen molar-refractivity contribution in [1.82, 2.24) is 4.90 Å². The number of aromatic hydroxyl groups is 1. The molecule has 0 unspecified atom stereocenters. The van der Waals surface area contributed by atoms with Gasteiger partial charge in [-0.1, -0.05) is 13.8 Å². The molecule has 4 atom stereocenters. The predicted octanol–water partition coefficient (Wildman–Crippen LogP) is 3.50. The number of carboxylic acid groups (broad SMARTS) is 1. The van der Waals surface area contributed by atoms with Crippen LogP contribution in [0.2, 0.25) is 0 Å². The Morgan fingerprint density at radius 2 is 2.00 bits per heavy atom. The Kier molecular flexibility index (Phi) is 5.00. The van der Waals surface area contributed by atoms with Gasteiger partial charge in [-0.05, 0) is 50.3 Å². The molecule has 1 aromatic rings. The minimum atomic E-state index is -0.890. The molecule has 2 N–H and O–H groups in total. The molecule has 30 heavy (non-hydrogen) atoms. The van der Waals surface area contributed by atoms with Crippen LogP contribution in [0.4, 0.5) is 0 Å². The zero-order chi connectivity index (χ0) is 21.8. The van der Waals surface area contributed by atoms with E-state index >= 15 is 0 Å². The van der Waals surface area contributed by atoms with E-state index in [9.17, 15) is 14.7 Å². The van der Waals surface area contributed by atoms with E-state index in [0.717, 1.165) is 24.2 Å². The third kappa shape index (κ3) is 3.75. The summed E-state index contributed by atoms with van der Waals surface area (Å²) in [7, 11) is 0. The van der Waals surface area contributed by atoms with Crippen molar-refractivity contribution in [2.24, 2.45) is 11.3 Å². The van der Waals surface area contributed by atoms with Gasteiger partial charge in [0, 0.05) is 24.4 Å². The van der Waals surface area contributed by atoms with Crippen LogP contribution in [0.25, 0.3) is 0 Å². The highest BCUT2D eigenvalue weighted by Crippen LogP contribution is 2.53. The number of phenols is 1. The van der Waals surface area contributed by atoms with E-state index in [2.05, 4.69) is 0 Å². The Balaban J connectivity index is 1.55. The van der Waals surface area contributed by atoms with Gasteiger partial charge in [0.05, 0.1) is 24.7 Å². The third-order valence-corrected chi connectivity index (χ3v) is 6.81. The normalized spacial score (nSPS) is 29.4. The van der Waals surface area contributed by atoms with Crippen molar-refractivity contribution in [2.45, 2.75) is 77.2 Å². The fourth-order valence-corrected chi connectivity index (χ4v) is 5.37. The van der Waals surface area contributed by atoms with Gasteiger partial charge in [0.15, 0.2) is 0 Å². The van der Waals surface area contributed by atoms with Crippen LogP contribution < -0.4 is 4.74 Å². The number of benzene rings is 1. The Hall–Kier alpha value is -2.28. The molecule has 0 saturated carbocycles. The lowest BCUT2D eigenvalue weighted by molar-refractivity contribution is -0.168. The Labute approximate surface area is 177 Å². The van der Waals surface area contributed by atoms with Gasteiger partial charge in [-0.3, -0.25) is 9.59 Å². The molecule has 2 fully saturated rings. The number of likely N-dealkylation sites (tertiary alicyclic amines) is 1. The number of hydrogen-bond donors (Lipinski definition) is 2. The minimum absolute atomic E-state index is 0.0108. The number of phenolic OH excluding ortho intramolecular Hbond substituents is 1. The first kappa shape index (κ1) is 21.0. The molecule has 7 heteroatoms. The van der Waals surface area contributed by atoms with Gasteiger partial charge >= 0.3 is 5.97 Å². The van der Waals surface area contributed by atoms with Crippen molar-refractivity contribution in [3.05, 3.63) is 23.8 Å². The number of carbonyl (C=O) groups excluding carboxylic acids is 1. The summed E-state index contributed by atoms with van der Waals surface area (Å²) in [5.74, 6) is 0.0556. The van der Waals surface area contributed by atoms with E-state index in [1.807, 2.05) is 32.6 Å². The van der Waals surface area contributed by atoms with Crippen molar-refractivity contribution >= 4 is 11.9 Å². The van der Waals surface area contributed by atoms with Crippen LogP contribution in [0.3, 0.4) is 0 Å². The highest BCUT2D eigenvalue weighted by Gasteiger charge is 2.54. The third-order valence-electron chi connectivity index (χ3n) is 6.81. The summed E-state index contributed by atoms with van der Waals surface area (Å²) in [5, 5.41) is 19.1. The molecular weight excluding hydrogens is 386 g/mol. The predicted molar refractivity (Wildman–Crippen MR) is 109 cm³/mol. The van der Waals surface area contributed by atoms with Crippen LogP contribution in [0.1, 0.15) is 65.0 Å². The van der Waals surface area contributed by atoms with Gasteiger partial charge in [-0.15, -0.1) is 0 Å². The molecule has 4 rings (SSSR count). The Morgan fingerprint density at radius 1 is 1.27 bits per heavy atom. The van der Waals surface area contributed by atoms with E-state index in [1.54, 1.807) is 18.2 Å². The summed E-state index contributed by atoms with van der Waals surface area (Å²) in [5.41, 5.74) is -0.201. The lowest BCUT2D eigenvalue weighted by Gasteiger charge is -2.50. The number of aliphatic carboxylic acids is 1. The molecule has 1 aromatic carbocycles. The second-order valence-electron chi connectivity index (χ2n) is 10.2. The first-order valence-electron chi connectivity index (χ1n) is 10.7. The fraction of sp³-hybridized carbons (Fsp3) is 0.652. The van der Waals surface area contributed by atoms with Crippen LogP contribution in [-0.2, 0) is 14.3 Å². The average molecular weight is 418 g/mol. The maximum atomic E-state index is 13.1. The maximum absolute atomic E-state index is 13.1. The van der Waals surface area contributed by atoms with E-state index in [1.165, 1.54) is 0 Å². The highest BCUT2D eigenvalue weighted by molar-refractivity contribution is 5.79. The molecule has 3 heterocycles. The van der Waals surface area contributed by atoms with E-state index < -0.39 is 17.0 Å². The topological polar surface area (TPSA) is 96.3 Å². The van der Waals surface area contributed by atoms with Crippen LogP contribution in [0, 0.1) is 11.3 Å². The summed E-state index contributed by atoms with van der Waals surface area (Å²) < 4.78 is 12.8. The first-order valence-corrected chi connectivity index (χ1v) is 10.7. The van der Waals surface area contributed by atoms with Gasteiger partial charge in [-0.2, -0.15) is 0 Å². The molecule has 1 amide bonds. The number of fused-ring (bicyclic) bond motifs is 4. The lowest BCUT2D eigenvalue weighted by atomic mass is 9.73. The summed E-state index contributed by atoms with van der Waals surface area (Å²) in [6.07, 6.45) is 1.42. The zero-order valence-electron chi connectivity index (χ0n) is 18.1. The van der Waals surface area contributed by atoms with Gasteiger partial charge in [0.25, 0.3) is 0 Å². The smallest absolute Gasteiger partial charge is 0.303 e. The van der Waals surface area contributed by atoms with Crippen LogP contribution in [0.5, 0.6) is 11.5 Å². The summed E-state index contributed by atoms with van der Waals surface area (Å²) in [4.78, 5) is 26.1. The maximum Gasteiger partial charge on any atom is 0.303 e. The first-order chi connectivity index (χ1) is 14.0. The molecule has 3 aliphatic rings. The molecule has 0 aromatic heterocycles. The van der Waals surface area contributed by atoms with Gasteiger partial charge in [-0.25, -0.2) is 0 Å². The number of rotatable bonds is 4. The van der Waals surface area contributed by atoms with Crippen molar-refractivity contribution < 1.29 is 29.3 Å². The number of hydrogen-bond acceptors (Lipinski definition) is 5. The van der Waals surface area contributed by atoms with E-state index in [4.69, 9.17) is 14.6 Å². The van der Waals surface area contributed by atoms with Crippen LogP contribution in [0.15, 0.2) is 18.2 Å². The monoisotopic (exact) mass is 417 g/mol. The van der Waals surface area contributed by atoms with E-state index in [-0.39, 0.29) is 48.7 Å². The molecular formula is C23H31NO6. The van der Waals surface area contributed by atoms with Crippen molar-refractivity contribution in [3.8, 4) is 11.5 Å². The zero-order valence-corrected chi connectivity index (χ0v) is 18.1. The molecule has 0 bridgehead atoms. The van der Waals surface area contributed by atoms with E-state index in [0.29, 0.717) is 6.54 Å². The van der Waals surface area contributed by atoms with Gasteiger partial charge in [0.1, 0.15) is 17.1 Å². The second-order valence-corrected chi connectivity index (χ2v) is 10.2. The summed E-state index contributed by atoms with van der Waals surface area (Å²) >= 11 is 0. The molecule has 2 saturated heterocycles. The molecule has 164 valence electrons. The molecule has 0 radical (unpaired) electrons. The fourth-order valence-electron chi connectivity index (χ4n) is 5.37. The number of nitrogens with zero attached hydrogens (tertiary/aromatic N) is 1. The second kappa shape index (κ2) is 7.15. The number of amides is 1. The molecule has 0 aliphatic carbocycles. The summed E-state index contributed by atoms with van der Waals surface area (Å²) in [6, 6.07) is 5.08. The van der Waals surface area contributed by atoms with Gasteiger partial charge in [0.2, 0.25) is 5.91 Å². The standard InChI is InChI=1S/C23H31NO6/c1-22(2,12-20(27)28)11-19(26)24-8-7-18-16(24)10-15-21(29-18)14-9-13(25)5-6-17(14)30-23(15,3)4/h5-6,9,15-16,18,21,25H,7-8,10-12H2,1-4H3,(H,27,28)/t15-,16+,18-,21+/m1/s1. The average Bonchev–Trinajstić information content (AvgIpc) is 3.03. The quantitative estimate of drug-likeness (QED) is 0.778. The van der Waals surface area contributed by atoms with Crippen molar-refractivity contribution in [1.29, 1.82) is 0 Å². The van der Waals surface area contributed by atoms with Crippen LogP contribution >= 0.6 is 0 Å².